The van der Waals surface area contributed by atoms with Gasteiger partial charge in [0.1, 0.15) is 18.1 Å². The first-order valence-corrected chi connectivity index (χ1v) is 13.5. The molecule has 0 saturated carbocycles. The third-order valence-electron chi connectivity index (χ3n) is 6.36. The van der Waals surface area contributed by atoms with Crippen molar-refractivity contribution in [3.8, 4) is 0 Å². The lowest BCUT2D eigenvalue weighted by atomic mass is 10.0. The van der Waals surface area contributed by atoms with Gasteiger partial charge in [-0.05, 0) is 43.2 Å². The summed E-state index contributed by atoms with van der Waals surface area (Å²) in [6.07, 6.45) is 1.46. The Morgan fingerprint density at radius 2 is 1.55 bits per heavy atom. The standard InChI is InChI=1S/C27H40N8O7/c1-14(2)10-21(26(41)42)35-25(40)20(12-22(36)37)34-24(39)19(8-5-9-31-27(29)30)33-23(38)17(28)11-15-13-32-18-7-4-3-6-16(15)18/h3-4,6-7,13-14,17,19-21,32H,5,8-12,28H2,1-2H3,(H,33,38)(H,34,39)(H,35,40)(H,36,37)(H,41,42)(H4,29,30,31). The van der Waals surface area contributed by atoms with Crippen molar-refractivity contribution in [2.75, 3.05) is 6.54 Å². The number of fused-ring (bicyclic) bond motifs is 1. The third-order valence-corrected chi connectivity index (χ3v) is 6.36. The number of aromatic amines is 1. The fourth-order valence-electron chi connectivity index (χ4n) is 4.30. The lowest BCUT2D eigenvalue weighted by molar-refractivity contribution is -0.144. The van der Waals surface area contributed by atoms with Gasteiger partial charge in [-0.1, -0.05) is 32.0 Å². The number of benzene rings is 1. The van der Waals surface area contributed by atoms with Gasteiger partial charge >= 0.3 is 11.9 Å². The van der Waals surface area contributed by atoms with E-state index in [9.17, 15) is 34.2 Å². The summed E-state index contributed by atoms with van der Waals surface area (Å²) in [7, 11) is 0. The molecule has 0 aliphatic carbocycles. The van der Waals surface area contributed by atoms with Crippen molar-refractivity contribution in [1.29, 1.82) is 0 Å². The second kappa shape index (κ2) is 16.0. The number of nitrogens with two attached hydrogens (primary N) is 3. The Kier molecular flexibility index (Phi) is 12.7. The first-order valence-electron chi connectivity index (χ1n) is 13.5. The minimum atomic E-state index is -1.61. The zero-order chi connectivity index (χ0) is 31.4. The molecular formula is C27H40N8O7. The van der Waals surface area contributed by atoms with Crippen molar-refractivity contribution in [1.82, 2.24) is 20.9 Å². The molecule has 15 nitrogen and oxygen atoms in total. The number of nitrogens with one attached hydrogen (secondary N) is 4. The zero-order valence-electron chi connectivity index (χ0n) is 23.6. The van der Waals surface area contributed by atoms with Crippen molar-refractivity contribution < 1.29 is 34.2 Å². The van der Waals surface area contributed by atoms with Crippen molar-refractivity contribution in [2.45, 2.75) is 70.1 Å². The van der Waals surface area contributed by atoms with Crippen molar-refractivity contribution >= 4 is 46.5 Å². The van der Waals surface area contributed by atoms with Gasteiger partial charge < -0.3 is 48.3 Å². The van der Waals surface area contributed by atoms with Crippen LogP contribution in [0.3, 0.4) is 0 Å². The number of carbonyl (C=O) groups excluding carboxylic acids is 3. The quantitative estimate of drug-likeness (QED) is 0.0627. The fourth-order valence-corrected chi connectivity index (χ4v) is 4.30. The molecule has 4 unspecified atom stereocenters. The molecule has 3 amide bonds. The molecule has 12 N–H and O–H groups in total. The Balaban J connectivity index is 2.18. The average Bonchev–Trinajstić information content (AvgIpc) is 3.31. The number of rotatable bonds is 17. The number of para-hydroxylation sites is 1. The van der Waals surface area contributed by atoms with E-state index in [4.69, 9.17) is 17.2 Å². The molecule has 230 valence electrons. The fraction of sp³-hybridized carbons (Fsp3) is 0.481. The normalized spacial score (nSPS) is 13.9. The molecule has 0 fully saturated rings. The molecule has 2 rings (SSSR count). The largest absolute Gasteiger partial charge is 0.481 e. The van der Waals surface area contributed by atoms with E-state index in [1.807, 2.05) is 24.3 Å². The maximum absolute atomic E-state index is 13.3. The summed E-state index contributed by atoms with van der Waals surface area (Å²) in [4.78, 5) is 69.2. The van der Waals surface area contributed by atoms with E-state index in [2.05, 4.69) is 25.9 Å². The lowest BCUT2D eigenvalue weighted by Crippen LogP contribution is -2.57. The number of aliphatic imine (C=N–C) groups is 1. The molecular weight excluding hydrogens is 548 g/mol. The Bertz CT molecular complexity index is 1290. The van der Waals surface area contributed by atoms with Crippen LogP contribution in [0.4, 0.5) is 0 Å². The second-order valence-electron chi connectivity index (χ2n) is 10.4. The number of guanidine groups is 1. The number of aliphatic carboxylic acids is 2. The van der Waals surface area contributed by atoms with Gasteiger partial charge in [0.05, 0.1) is 12.5 Å². The van der Waals surface area contributed by atoms with E-state index in [1.54, 1.807) is 20.0 Å². The summed E-state index contributed by atoms with van der Waals surface area (Å²) >= 11 is 0. The molecule has 1 heterocycles. The SMILES string of the molecule is CC(C)CC(NC(=O)C(CC(=O)O)NC(=O)C(CCCN=C(N)N)NC(=O)C(N)Cc1c[nH]c2ccccc12)C(=O)O. The molecule has 0 aliphatic heterocycles. The average molecular weight is 589 g/mol. The van der Waals surface area contributed by atoms with Crippen LogP contribution in [-0.4, -0.2) is 81.5 Å². The number of aromatic nitrogens is 1. The monoisotopic (exact) mass is 588 g/mol. The molecule has 4 atom stereocenters. The van der Waals surface area contributed by atoms with Crippen LogP contribution in [-0.2, 0) is 30.4 Å². The lowest BCUT2D eigenvalue weighted by Gasteiger charge is -2.25. The smallest absolute Gasteiger partial charge is 0.326 e. The highest BCUT2D eigenvalue weighted by molar-refractivity contribution is 5.95. The Morgan fingerprint density at radius 1 is 0.929 bits per heavy atom. The number of carbonyl (C=O) groups is 5. The minimum Gasteiger partial charge on any atom is -0.481 e. The van der Waals surface area contributed by atoms with Gasteiger partial charge in [-0.3, -0.25) is 24.2 Å². The molecule has 0 spiro atoms. The number of hydrogen-bond acceptors (Lipinski definition) is 7. The highest BCUT2D eigenvalue weighted by atomic mass is 16.4. The number of amides is 3. The van der Waals surface area contributed by atoms with Gasteiger partial charge in [0.2, 0.25) is 17.7 Å². The Labute approximate surface area is 242 Å². The van der Waals surface area contributed by atoms with E-state index in [-0.39, 0.29) is 44.1 Å². The minimum absolute atomic E-state index is 0.0284. The molecule has 0 radical (unpaired) electrons. The van der Waals surface area contributed by atoms with E-state index in [0.717, 1.165) is 16.5 Å². The molecule has 1 aromatic carbocycles. The maximum Gasteiger partial charge on any atom is 0.326 e. The summed E-state index contributed by atoms with van der Waals surface area (Å²) < 4.78 is 0. The van der Waals surface area contributed by atoms with E-state index >= 15 is 0 Å². The Hall–Kier alpha value is -4.66. The van der Waals surface area contributed by atoms with Gasteiger partial charge in [0.25, 0.3) is 0 Å². The zero-order valence-corrected chi connectivity index (χ0v) is 23.6. The number of carboxylic acids is 2. The van der Waals surface area contributed by atoms with Crippen LogP contribution in [0.15, 0.2) is 35.5 Å². The van der Waals surface area contributed by atoms with Crippen molar-refractivity contribution in [3.63, 3.8) is 0 Å². The van der Waals surface area contributed by atoms with Crippen LogP contribution >= 0.6 is 0 Å². The molecule has 1 aromatic heterocycles. The van der Waals surface area contributed by atoms with Crippen molar-refractivity contribution in [2.24, 2.45) is 28.1 Å². The number of hydrogen-bond donors (Lipinski definition) is 9. The first-order chi connectivity index (χ1) is 19.8. The van der Waals surface area contributed by atoms with Crippen molar-refractivity contribution in [3.05, 3.63) is 36.0 Å². The predicted octanol–water partition coefficient (Wildman–Crippen LogP) is -0.849. The third kappa shape index (κ3) is 10.7. The predicted molar refractivity (Wildman–Crippen MR) is 155 cm³/mol. The van der Waals surface area contributed by atoms with E-state index in [0.29, 0.717) is 0 Å². The van der Waals surface area contributed by atoms with Gasteiger partial charge in [-0.2, -0.15) is 0 Å². The Morgan fingerprint density at radius 3 is 2.17 bits per heavy atom. The number of nitrogens with zero attached hydrogens (tertiary/aromatic N) is 1. The summed E-state index contributed by atoms with van der Waals surface area (Å²) in [6.45, 7) is 3.66. The summed E-state index contributed by atoms with van der Waals surface area (Å²) in [5.74, 6) is -5.44. The van der Waals surface area contributed by atoms with E-state index in [1.165, 1.54) is 0 Å². The maximum atomic E-state index is 13.3. The van der Waals surface area contributed by atoms with Crippen LogP contribution < -0.4 is 33.2 Å². The van der Waals surface area contributed by atoms with Gasteiger partial charge in [0.15, 0.2) is 5.96 Å². The van der Waals surface area contributed by atoms with E-state index < -0.39 is 60.2 Å². The highest BCUT2D eigenvalue weighted by Gasteiger charge is 2.32. The summed E-state index contributed by atoms with van der Waals surface area (Å²) in [5.41, 5.74) is 18.5. The van der Waals surface area contributed by atoms with Crippen LogP contribution in [0.2, 0.25) is 0 Å². The number of carboxylic acid groups (broad SMARTS) is 2. The summed E-state index contributed by atoms with van der Waals surface area (Å²) in [6, 6.07) is 2.32. The van der Waals surface area contributed by atoms with Gasteiger partial charge in [0, 0.05) is 23.6 Å². The topological polar surface area (TPSA) is 268 Å². The molecule has 0 aliphatic rings. The molecule has 2 aromatic rings. The summed E-state index contributed by atoms with van der Waals surface area (Å²) in [5, 5.41) is 26.9. The molecule has 15 heteroatoms. The van der Waals surface area contributed by atoms with Crippen LogP contribution in [0, 0.1) is 5.92 Å². The number of H-pyrrole nitrogens is 1. The van der Waals surface area contributed by atoms with Gasteiger partial charge in [-0.25, -0.2) is 4.79 Å². The van der Waals surface area contributed by atoms with Gasteiger partial charge in [-0.15, -0.1) is 0 Å². The van der Waals surface area contributed by atoms with Crippen LogP contribution in [0.5, 0.6) is 0 Å². The second-order valence-corrected chi connectivity index (χ2v) is 10.4. The molecule has 0 saturated heterocycles. The molecule has 42 heavy (non-hydrogen) atoms. The van der Waals surface area contributed by atoms with Crippen LogP contribution in [0.25, 0.3) is 10.9 Å². The first kappa shape index (κ1) is 33.5. The van der Waals surface area contributed by atoms with Crippen LogP contribution in [0.1, 0.15) is 45.1 Å². The highest BCUT2D eigenvalue weighted by Crippen LogP contribution is 2.19. The molecule has 0 bridgehead atoms.